The number of alkyl halides is 3. The van der Waals surface area contributed by atoms with E-state index in [9.17, 15) is 26.0 Å². The van der Waals surface area contributed by atoms with Crippen LogP contribution < -0.4 is 5.43 Å². The van der Waals surface area contributed by atoms with Crippen molar-refractivity contribution < 1.29 is 26.0 Å². The minimum Gasteiger partial charge on any atom is -0.318 e. The number of halogens is 4. The Morgan fingerprint density at radius 3 is 2.29 bits per heavy atom. The van der Waals surface area contributed by atoms with Crippen LogP contribution in [0, 0.1) is 5.82 Å². The van der Waals surface area contributed by atoms with E-state index in [2.05, 4.69) is 5.43 Å². The van der Waals surface area contributed by atoms with Gasteiger partial charge >= 0.3 is 5.51 Å². The van der Waals surface area contributed by atoms with Crippen molar-refractivity contribution in [2.45, 2.75) is 29.7 Å². The molecule has 0 amide bonds. The predicted molar refractivity (Wildman–Crippen MR) is 68.7 cm³/mol. The molecule has 9 heteroatoms. The number of hydrogen-bond acceptors (Lipinski definition) is 4. The van der Waals surface area contributed by atoms with E-state index in [0.29, 0.717) is 19.2 Å². The van der Waals surface area contributed by atoms with Crippen LogP contribution in [-0.4, -0.2) is 32.0 Å². The number of hydrogen-bond donors (Lipinski definition) is 1. The summed E-state index contributed by atoms with van der Waals surface area (Å²) in [5.41, 5.74) is -3.10. The normalized spacial score (nSPS) is 17.7. The zero-order valence-electron chi connectivity index (χ0n) is 11.0. The lowest BCUT2D eigenvalue weighted by atomic mass is 10.2. The molecule has 0 unspecified atom stereocenters. The van der Waals surface area contributed by atoms with Gasteiger partial charge in [-0.25, -0.2) is 17.8 Å². The SMILES string of the molecule is O=S(=O)(c1cc(F)ccc1NN1CCCCC1)C(F)(F)F. The largest absolute Gasteiger partial charge is 0.501 e. The quantitative estimate of drug-likeness (QED) is 0.868. The highest BCUT2D eigenvalue weighted by Crippen LogP contribution is 2.35. The third kappa shape index (κ3) is 3.46. The summed E-state index contributed by atoms with van der Waals surface area (Å²) in [5, 5.41) is 1.63. The molecule has 1 aliphatic heterocycles. The molecule has 0 radical (unpaired) electrons. The first-order chi connectivity index (χ1) is 9.72. The highest BCUT2D eigenvalue weighted by atomic mass is 32.2. The molecule has 0 saturated carbocycles. The van der Waals surface area contributed by atoms with E-state index in [1.54, 1.807) is 5.01 Å². The van der Waals surface area contributed by atoms with Gasteiger partial charge in [0.1, 0.15) is 10.7 Å². The number of nitrogens with zero attached hydrogens (tertiary/aromatic N) is 1. The summed E-state index contributed by atoms with van der Waals surface area (Å²) >= 11 is 0. The first kappa shape index (κ1) is 16.0. The third-order valence-electron chi connectivity index (χ3n) is 3.17. The van der Waals surface area contributed by atoms with Gasteiger partial charge in [0.25, 0.3) is 9.84 Å². The molecule has 1 fully saturated rings. The summed E-state index contributed by atoms with van der Waals surface area (Å²) in [6.07, 6.45) is 2.72. The van der Waals surface area contributed by atoms with E-state index in [1.807, 2.05) is 0 Å². The molecule has 0 atom stereocenters. The Hall–Kier alpha value is -1.35. The summed E-state index contributed by atoms with van der Waals surface area (Å²) in [6, 6.07) is 2.30. The Balaban J connectivity index is 2.38. The maximum Gasteiger partial charge on any atom is 0.501 e. The summed E-state index contributed by atoms with van der Waals surface area (Å²) in [7, 11) is -5.61. The second kappa shape index (κ2) is 5.80. The van der Waals surface area contributed by atoms with Crippen molar-refractivity contribution in [1.82, 2.24) is 5.01 Å². The molecule has 1 heterocycles. The number of nitrogens with one attached hydrogen (secondary N) is 1. The van der Waals surface area contributed by atoms with Gasteiger partial charge in [0.2, 0.25) is 0 Å². The zero-order chi connectivity index (χ0) is 15.7. The van der Waals surface area contributed by atoms with Gasteiger partial charge in [-0.1, -0.05) is 6.42 Å². The molecule has 1 aliphatic rings. The molecule has 4 nitrogen and oxygen atoms in total. The monoisotopic (exact) mass is 326 g/mol. The number of hydrazine groups is 1. The van der Waals surface area contributed by atoms with Crippen LogP contribution >= 0.6 is 0 Å². The van der Waals surface area contributed by atoms with Gasteiger partial charge in [-0.3, -0.25) is 0 Å². The van der Waals surface area contributed by atoms with E-state index in [-0.39, 0.29) is 5.69 Å². The van der Waals surface area contributed by atoms with Crippen molar-refractivity contribution in [2.24, 2.45) is 0 Å². The number of benzene rings is 1. The third-order valence-corrected chi connectivity index (χ3v) is 4.70. The maximum atomic E-state index is 13.2. The van der Waals surface area contributed by atoms with Crippen LogP contribution in [0.25, 0.3) is 0 Å². The van der Waals surface area contributed by atoms with E-state index >= 15 is 0 Å². The van der Waals surface area contributed by atoms with Gasteiger partial charge in [0.05, 0.1) is 5.69 Å². The van der Waals surface area contributed by atoms with E-state index in [0.717, 1.165) is 31.4 Å². The van der Waals surface area contributed by atoms with Gasteiger partial charge in [0, 0.05) is 13.1 Å². The summed E-state index contributed by atoms with van der Waals surface area (Å²) < 4.78 is 74.2. The summed E-state index contributed by atoms with van der Waals surface area (Å²) in [4.78, 5) is -1.10. The fourth-order valence-corrected chi connectivity index (χ4v) is 3.03. The molecule has 1 N–H and O–H groups in total. The average Bonchev–Trinajstić information content (AvgIpc) is 2.40. The van der Waals surface area contributed by atoms with Crippen LogP contribution in [0.3, 0.4) is 0 Å². The molecule has 0 spiro atoms. The highest BCUT2D eigenvalue weighted by molar-refractivity contribution is 7.92. The van der Waals surface area contributed by atoms with Gasteiger partial charge in [-0.05, 0) is 31.0 Å². The summed E-state index contributed by atoms with van der Waals surface area (Å²) in [5.74, 6) is -1.04. The molecule has 1 aromatic carbocycles. The Kier molecular flexibility index (Phi) is 4.43. The molecule has 21 heavy (non-hydrogen) atoms. The number of sulfone groups is 1. The second-order valence-electron chi connectivity index (χ2n) is 4.75. The first-order valence-corrected chi connectivity index (χ1v) is 7.82. The first-order valence-electron chi connectivity index (χ1n) is 6.34. The Labute approximate surface area is 119 Å². The van der Waals surface area contributed by atoms with Crippen molar-refractivity contribution in [1.29, 1.82) is 0 Å². The minimum atomic E-state index is -5.61. The van der Waals surface area contributed by atoms with Gasteiger partial charge in [-0.2, -0.15) is 13.2 Å². The molecule has 1 saturated heterocycles. The highest BCUT2D eigenvalue weighted by Gasteiger charge is 2.48. The zero-order valence-corrected chi connectivity index (χ0v) is 11.8. The van der Waals surface area contributed by atoms with Gasteiger partial charge in [-0.15, -0.1) is 0 Å². The Morgan fingerprint density at radius 1 is 1.10 bits per heavy atom. The van der Waals surface area contributed by atoms with Crippen LogP contribution in [0.5, 0.6) is 0 Å². The van der Waals surface area contributed by atoms with Gasteiger partial charge in [0.15, 0.2) is 0 Å². The predicted octanol–water partition coefficient (Wildman–Crippen LogP) is 2.93. The van der Waals surface area contributed by atoms with Crippen molar-refractivity contribution in [3.63, 3.8) is 0 Å². The topological polar surface area (TPSA) is 49.4 Å². The van der Waals surface area contributed by atoms with Crippen molar-refractivity contribution >= 4 is 15.5 Å². The van der Waals surface area contributed by atoms with E-state index in [4.69, 9.17) is 0 Å². The molecule has 0 aromatic heterocycles. The molecule has 1 aromatic rings. The average molecular weight is 326 g/mol. The van der Waals surface area contributed by atoms with E-state index < -0.39 is 26.1 Å². The fraction of sp³-hybridized carbons (Fsp3) is 0.500. The van der Waals surface area contributed by atoms with Crippen LogP contribution in [0.2, 0.25) is 0 Å². The second-order valence-corrected chi connectivity index (χ2v) is 6.66. The van der Waals surface area contributed by atoms with Crippen LogP contribution in [0.1, 0.15) is 19.3 Å². The molecular weight excluding hydrogens is 312 g/mol. The Morgan fingerprint density at radius 2 is 1.71 bits per heavy atom. The van der Waals surface area contributed by atoms with Crippen molar-refractivity contribution in [2.75, 3.05) is 18.5 Å². The minimum absolute atomic E-state index is 0.268. The lowest BCUT2D eigenvalue weighted by Crippen LogP contribution is -2.36. The molecule has 0 bridgehead atoms. The van der Waals surface area contributed by atoms with E-state index in [1.165, 1.54) is 0 Å². The fourth-order valence-electron chi connectivity index (χ4n) is 2.11. The lowest BCUT2D eigenvalue weighted by Gasteiger charge is -2.28. The van der Waals surface area contributed by atoms with Crippen LogP contribution in [0.15, 0.2) is 23.1 Å². The number of anilines is 1. The van der Waals surface area contributed by atoms with Crippen LogP contribution in [0.4, 0.5) is 23.2 Å². The standard InChI is InChI=1S/C12H14F4N2O2S/c13-9-4-5-10(17-18-6-2-1-3-7-18)11(8-9)21(19,20)12(14,15)16/h4-5,8,17H,1-3,6-7H2. The number of rotatable bonds is 3. The van der Waals surface area contributed by atoms with Crippen molar-refractivity contribution in [3.8, 4) is 0 Å². The molecule has 118 valence electrons. The van der Waals surface area contributed by atoms with Crippen molar-refractivity contribution in [3.05, 3.63) is 24.0 Å². The lowest BCUT2D eigenvalue weighted by molar-refractivity contribution is -0.0435. The summed E-state index contributed by atoms with van der Waals surface area (Å²) in [6.45, 7) is 1.17. The van der Waals surface area contributed by atoms with Crippen LogP contribution in [-0.2, 0) is 9.84 Å². The Bertz CT molecular complexity index is 610. The van der Waals surface area contributed by atoms with Gasteiger partial charge < -0.3 is 5.43 Å². The smallest absolute Gasteiger partial charge is 0.318 e. The maximum absolute atomic E-state index is 13.2. The molecule has 0 aliphatic carbocycles. The molecular formula is C12H14F4N2O2S. The molecule has 2 rings (SSSR count). The number of piperidine rings is 1.